The largest absolute Gasteiger partial charge is 0.486 e. The number of hydrogen-bond acceptors (Lipinski definition) is 7. The molecule has 2 N–H and O–H groups in total. The van der Waals surface area contributed by atoms with Crippen LogP contribution in [0.4, 0.5) is 0 Å². The van der Waals surface area contributed by atoms with E-state index >= 15 is 0 Å². The van der Waals surface area contributed by atoms with Crippen molar-refractivity contribution in [1.29, 1.82) is 0 Å². The van der Waals surface area contributed by atoms with Crippen LogP contribution in [0.2, 0.25) is 0 Å². The van der Waals surface area contributed by atoms with Crippen LogP contribution < -0.4 is 20.3 Å². The van der Waals surface area contributed by atoms with Crippen LogP contribution in [0.5, 0.6) is 11.5 Å². The Kier molecular flexibility index (Phi) is 6.08. The number of benzene rings is 2. The molecule has 0 spiro atoms. The second-order valence-corrected chi connectivity index (χ2v) is 7.84. The molecule has 31 heavy (non-hydrogen) atoms. The zero-order valence-electron chi connectivity index (χ0n) is 17.0. The Morgan fingerprint density at radius 3 is 2.65 bits per heavy atom. The van der Waals surface area contributed by atoms with Gasteiger partial charge in [-0.2, -0.15) is 0 Å². The summed E-state index contributed by atoms with van der Waals surface area (Å²) in [4.78, 5) is 24.5. The van der Waals surface area contributed by atoms with Crippen molar-refractivity contribution in [2.75, 3.05) is 19.0 Å². The van der Waals surface area contributed by atoms with Crippen molar-refractivity contribution in [3.05, 3.63) is 59.4 Å². The zero-order chi connectivity index (χ0) is 21.8. The molecule has 2 heterocycles. The van der Waals surface area contributed by atoms with E-state index in [1.165, 1.54) is 17.3 Å². The van der Waals surface area contributed by atoms with Crippen LogP contribution in [-0.4, -0.2) is 45.5 Å². The Hall–Kier alpha value is -3.53. The Labute approximate surface area is 183 Å². The molecule has 0 fully saturated rings. The van der Waals surface area contributed by atoms with Crippen LogP contribution in [0.25, 0.3) is 5.69 Å². The van der Waals surface area contributed by atoms with Crippen molar-refractivity contribution in [1.82, 2.24) is 25.6 Å². The number of hydrazine groups is 1. The van der Waals surface area contributed by atoms with Gasteiger partial charge in [0.15, 0.2) is 16.7 Å². The van der Waals surface area contributed by atoms with E-state index in [0.29, 0.717) is 35.4 Å². The summed E-state index contributed by atoms with van der Waals surface area (Å²) in [5, 5.41) is 8.61. The highest BCUT2D eigenvalue weighted by Crippen LogP contribution is 2.30. The summed E-state index contributed by atoms with van der Waals surface area (Å²) in [6, 6.07) is 10.9. The molecule has 1 aromatic heterocycles. The van der Waals surface area contributed by atoms with Crippen LogP contribution in [0.1, 0.15) is 21.5 Å². The highest BCUT2D eigenvalue weighted by atomic mass is 32.2. The lowest BCUT2D eigenvalue weighted by Gasteiger charge is -2.18. The molecular formula is C21H21N5O4S. The van der Waals surface area contributed by atoms with Crippen molar-refractivity contribution in [2.24, 2.45) is 0 Å². The molecule has 0 radical (unpaired) electrons. The number of thioether (sulfide) groups is 1. The van der Waals surface area contributed by atoms with Gasteiger partial charge in [-0.3, -0.25) is 25.0 Å². The minimum absolute atomic E-state index is 0.0605. The number of nitrogens with zero attached hydrogens (tertiary/aromatic N) is 3. The van der Waals surface area contributed by atoms with Crippen LogP contribution in [-0.2, 0) is 4.79 Å². The first-order chi connectivity index (χ1) is 15.0. The lowest BCUT2D eigenvalue weighted by molar-refractivity contribution is -0.119. The molecule has 2 aromatic carbocycles. The molecule has 1 aliphatic rings. The molecule has 3 aromatic rings. The number of nitrogens with one attached hydrogen (secondary N) is 2. The second kappa shape index (κ2) is 9.09. The van der Waals surface area contributed by atoms with Gasteiger partial charge < -0.3 is 9.47 Å². The van der Waals surface area contributed by atoms with Crippen LogP contribution in [0.3, 0.4) is 0 Å². The predicted molar refractivity (Wildman–Crippen MR) is 115 cm³/mol. The van der Waals surface area contributed by atoms with Gasteiger partial charge in [-0.1, -0.05) is 17.8 Å². The maximum Gasteiger partial charge on any atom is 0.269 e. The molecule has 4 rings (SSSR count). The van der Waals surface area contributed by atoms with E-state index in [1.807, 2.05) is 36.6 Å². The van der Waals surface area contributed by atoms with E-state index in [4.69, 9.17) is 9.47 Å². The number of aryl methyl sites for hydroxylation is 2. The number of amides is 2. The Balaban J connectivity index is 1.32. The van der Waals surface area contributed by atoms with Gasteiger partial charge in [0.2, 0.25) is 5.91 Å². The molecule has 160 valence electrons. The van der Waals surface area contributed by atoms with Gasteiger partial charge >= 0.3 is 0 Å². The van der Waals surface area contributed by atoms with E-state index in [0.717, 1.165) is 11.3 Å². The second-order valence-electron chi connectivity index (χ2n) is 6.90. The van der Waals surface area contributed by atoms with Crippen molar-refractivity contribution in [3.8, 4) is 17.2 Å². The van der Waals surface area contributed by atoms with Gasteiger partial charge in [-0.25, -0.2) is 0 Å². The molecule has 0 bridgehead atoms. The van der Waals surface area contributed by atoms with Gasteiger partial charge in [0.05, 0.1) is 5.75 Å². The third kappa shape index (κ3) is 4.80. The highest BCUT2D eigenvalue weighted by molar-refractivity contribution is 7.99. The summed E-state index contributed by atoms with van der Waals surface area (Å²) in [6.45, 7) is 4.99. The van der Waals surface area contributed by atoms with Crippen molar-refractivity contribution in [2.45, 2.75) is 19.0 Å². The number of carbonyl (C=O) groups excluding carboxylic acids is 2. The Morgan fingerprint density at radius 1 is 1.03 bits per heavy atom. The van der Waals surface area contributed by atoms with E-state index in [-0.39, 0.29) is 11.7 Å². The van der Waals surface area contributed by atoms with Crippen LogP contribution in [0.15, 0.2) is 47.9 Å². The fraction of sp³-hybridized carbons (Fsp3) is 0.238. The van der Waals surface area contributed by atoms with Gasteiger partial charge in [0.25, 0.3) is 5.91 Å². The molecule has 9 nitrogen and oxygen atoms in total. The average molecular weight is 439 g/mol. The molecule has 0 saturated carbocycles. The maximum atomic E-state index is 12.3. The third-order valence-electron chi connectivity index (χ3n) is 4.74. The molecule has 0 aliphatic carbocycles. The molecule has 10 heteroatoms. The first-order valence-corrected chi connectivity index (χ1v) is 10.6. The first-order valence-electron chi connectivity index (χ1n) is 9.60. The number of fused-ring (bicyclic) bond motifs is 1. The molecular weight excluding hydrogens is 418 g/mol. The summed E-state index contributed by atoms with van der Waals surface area (Å²) < 4.78 is 12.7. The Morgan fingerprint density at radius 2 is 1.84 bits per heavy atom. The third-order valence-corrected chi connectivity index (χ3v) is 5.68. The minimum Gasteiger partial charge on any atom is -0.486 e. The predicted octanol–water partition coefficient (Wildman–Crippen LogP) is 2.21. The summed E-state index contributed by atoms with van der Waals surface area (Å²) >= 11 is 1.22. The van der Waals surface area contributed by atoms with E-state index in [9.17, 15) is 9.59 Å². The smallest absolute Gasteiger partial charge is 0.269 e. The van der Waals surface area contributed by atoms with Crippen molar-refractivity contribution < 1.29 is 19.1 Å². The lowest BCUT2D eigenvalue weighted by Crippen LogP contribution is -2.42. The first kappa shape index (κ1) is 20.7. The number of aromatic nitrogens is 3. The fourth-order valence-corrected chi connectivity index (χ4v) is 3.65. The Bertz CT molecular complexity index is 1130. The topological polar surface area (TPSA) is 107 Å². The van der Waals surface area contributed by atoms with Gasteiger partial charge in [0, 0.05) is 11.3 Å². The van der Waals surface area contributed by atoms with E-state index < -0.39 is 5.91 Å². The summed E-state index contributed by atoms with van der Waals surface area (Å²) in [6.07, 6.45) is 1.61. The number of carbonyl (C=O) groups is 2. The summed E-state index contributed by atoms with van der Waals surface area (Å²) in [5.41, 5.74) is 8.44. The molecule has 0 saturated heterocycles. The van der Waals surface area contributed by atoms with Crippen LogP contribution in [0, 0.1) is 13.8 Å². The zero-order valence-corrected chi connectivity index (χ0v) is 17.9. The minimum atomic E-state index is -0.450. The van der Waals surface area contributed by atoms with E-state index in [2.05, 4.69) is 21.0 Å². The van der Waals surface area contributed by atoms with Gasteiger partial charge in [-0.05, 0) is 55.3 Å². The number of ether oxygens (including phenoxy) is 2. The summed E-state index contributed by atoms with van der Waals surface area (Å²) in [5.74, 6) is 0.340. The highest BCUT2D eigenvalue weighted by Gasteiger charge is 2.16. The average Bonchev–Trinajstić information content (AvgIpc) is 3.26. The van der Waals surface area contributed by atoms with Crippen molar-refractivity contribution >= 4 is 23.6 Å². The quantitative estimate of drug-likeness (QED) is 0.464. The standard InChI is InChI=1S/C21H21N5O4S/c1-13-3-5-16(9-14(13)2)26-12-22-25-21(26)31-11-19(27)23-24-20(28)15-4-6-17-18(10-15)30-8-7-29-17/h3-6,9-10,12H,7-8,11H2,1-2H3,(H,23,27)(H,24,28). The fourth-order valence-electron chi connectivity index (χ4n) is 2.92. The SMILES string of the molecule is Cc1ccc(-n2cnnc2SCC(=O)NNC(=O)c2ccc3c(c2)OCCO3)cc1C. The normalized spacial score (nSPS) is 12.3. The molecule has 1 aliphatic heterocycles. The number of hydrogen-bond donors (Lipinski definition) is 2. The van der Waals surface area contributed by atoms with E-state index in [1.54, 1.807) is 24.5 Å². The van der Waals surface area contributed by atoms with Gasteiger partial charge in [-0.15, -0.1) is 10.2 Å². The van der Waals surface area contributed by atoms with Crippen molar-refractivity contribution in [3.63, 3.8) is 0 Å². The number of rotatable bonds is 5. The lowest BCUT2D eigenvalue weighted by atomic mass is 10.1. The van der Waals surface area contributed by atoms with Crippen LogP contribution >= 0.6 is 11.8 Å². The van der Waals surface area contributed by atoms with Gasteiger partial charge in [0.1, 0.15) is 19.5 Å². The summed E-state index contributed by atoms with van der Waals surface area (Å²) in [7, 11) is 0. The maximum absolute atomic E-state index is 12.3. The molecule has 2 amide bonds. The molecule has 0 atom stereocenters. The monoisotopic (exact) mass is 439 g/mol. The molecule has 0 unspecified atom stereocenters.